The SMILES string of the molecule is COC(=O)Nc1cc(N)ccc1S(=O)(=O)Nc1cc2c(cc1F)COB2O. The predicted octanol–water partition coefficient (Wildman–Crippen LogP) is 0.605. The molecule has 0 aromatic heterocycles. The van der Waals surface area contributed by atoms with Crippen LogP contribution in [-0.4, -0.2) is 33.8 Å². The molecule has 3 rings (SSSR count). The Morgan fingerprint density at radius 3 is 2.78 bits per heavy atom. The van der Waals surface area contributed by atoms with E-state index in [0.29, 0.717) is 5.56 Å². The third kappa shape index (κ3) is 3.82. The van der Waals surface area contributed by atoms with Crippen LogP contribution in [0.2, 0.25) is 0 Å². The van der Waals surface area contributed by atoms with E-state index in [2.05, 4.69) is 14.8 Å². The highest BCUT2D eigenvalue weighted by Crippen LogP contribution is 2.28. The van der Waals surface area contributed by atoms with Gasteiger partial charge in [0.25, 0.3) is 10.0 Å². The number of hydrogen-bond acceptors (Lipinski definition) is 7. The second kappa shape index (κ2) is 7.06. The topological polar surface area (TPSA) is 140 Å². The van der Waals surface area contributed by atoms with Crippen molar-refractivity contribution >= 4 is 45.8 Å². The number of ether oxygens (including phenoxy) is 1. The zero-order valence-electron chi connectivity index (χ0n) is 14.0. The van der Waals surface area contributed by atoms with Crippen LogP contribution in [0.4, 0.5) is 26.2 Å². The molecule has 9 nitrogen and oxygen atoms in total. The monoisotopic (exact) mass is 395 g/mol. The normalized spacial score (nSPS) is 13.2. The molecular formula is C15H15BFN3O6S. The van der Waals surface area contributed by atoms with Crippen LogP contribution in [0.5, 0.6) is 0 Å². The molecule has 142 valence electrons. The number of hydrogen-bond donors (Lipinski definition) is 4. The molecule has 0 atom stereocenters. The molecule has 0 fully saturated rings. The Kier molecular flexibility index (Phi) is 4.96. The maximum absolute atomic E-state index is 14.3. The Morgan fingerprint density at radius 2 is 2.07 bits per heavy atom. The highest BCUT2D eigenvalue weighted by Gasteiger charge is 2.30. The van der Waals surface area contributed by atoms with E-state index in [4.69, 9.17) is 10.4 Å². The van der Waals surface area contributed by atoms with Crippen LogP contribution >= 0.6 is 0 Å². The van der Waals surface area contributed by atoms with Crippen molar-refractivity contribution in [3.63, 3.8) is 0 Å². The van der Waals surface area contributed by atoms with Gasteiger partial charge in [-0.25, -0.2) is 17.6 Å². The summed E-state index contributed by atoms with van der Waals surface area (Å²) in [5.41, 5.74) is 6.00. The van der Waals surface area contributed by atoms with Gasteiger partial charge in [0, 0.05) is 5.69 Å². The van der Waals surface area contributed by atoms with Gasteiger partial charge in [-0.1, -0.05) is 0 Å². The summed E-state index contributed by atoms with van der Waals surface area (Å²) in [6, 6.07) is 5.94. The second-order valence-corrected chi connectivity index (χ2v) is 7.32. The lowest BCUT2D eigenvalue weighted by Crippen LogP contribution is -2.29. The van der Waals surface area contributed by atoms with Crippen molar-refractivity contribution in [2.45, 2.75) is 11.5 Å². The summed E-state index contributed by atoms with van der Waals surface area (Å²) in [7, 11) is -4.46. The van der Waals surface area contributed by atoms with E-state index in [1.54, 1.807) is 0 Å². The average molecular weight is 395 g/mol. The number of benzene rings is 2. The second-order valence-electron chi connectivity index (χ2n) is 5.67. The van der Waals surface area contributed by atoms with Gasteiger partial charge in [-0.05, 0) is 41.4 Å². The van der Waals surface area contributed by atoms with Crippen molar-refractivity contribution in [1.29, 1.82) is 0 Å². The summed E-state index contributed by atoms with van der Waals surface area (Å²) in [4.78, 5) is 11.1. The number of anilines is 3. The number of sulfonamides is 1. The zero-order chi connectivity index (χ0) is 19.8. The van der Waals surface area contributed by atoms with Gasteiger partial charge in [0.2, 0.25) is 0 Å². The Bertz CT molecular complexity index is 1020. The molecule has 2 aromatic carbocycles. The molecule has 1 aliphatic heterocycles. The minimum atomic E-state index is -4.31. The molecule has 1 aliphatic rings. The highest BCUT2D eigenvalue weighted by atomic mass is 32.2. The lowest BCUT2D eigenvalue weighted by molar-refractivity contribution is 0.187. The van der Waals surface area contributed by atoms with E-state index < -0.39 is 29.1 Å². The molecule has 0 saturated heterocycles. The van der Waals surface area contributed by atoms with Crippen molar-refractivity contribution in [3.8, 4) is 0 Å². The summed E-state index contributed by atoms with van der Waals surface area (Å²) in [5.74, 6) is -0.840. The van der Waals surface area contributed by atoms with Gasteiger partial charge >= 0.3 is 13.2 Å². The van der Waals surface area contributed by atoms with Crippen LogP contribution < -0.4 is 21.2 Å². The number of methoxy groups -OCH3 is 1. The van der Waals surface area contributed by atoms with Gasteiger partial charge in [0.05, 0.1) is 25.1 Å². The molecule has 12 heteroatoms. The quantitative estimate of drug-likeness (QED) is 0.439. The first kappa shape index (κ1) is 19.0. The molecule has 2 aromatic rings. The van der Waals surface area contributed by atoms with E-state index in [9.17, 15) is 22.6 Å². The van der Waals surface area contributed by atoms with E-state index in [0.717, 1.165) is 25.3 Å². The fraction of sp³-hybridized carbons (Fsp3) is 0.133. The lowest BCUT2D eigenvalue weighted by atomic mass is 9.79. The van der Waals surface area contributed by atoms with Crippen molar-refractivity contribution in [1.82, 2.24) is 0 Å². The largest absolute Gasteiger partial charge is 0.491 e. The summed E-state index contributed by atoms with van der Waals surface area (Å²) in [6.07, 6.45) is -0.902. The molecule has 0 aliphatic carbocycles. The summed E-state index contributed by atoms with van der Waals surface area (Å²) in [5, 5.41) is 12.0. The number of nitrogens with two attached hydrogens (primary N) is 1. The first-order chi connectivity index (χ1) is 12.7. The first-order valence-corrected chi connectivity index (χ1v) is 9.09. The van der Waals surface area contributed by atoms with Gasteiger partial charge in [0.15, 0.2) is 0 Å². The third-order valence-electron chi connectivity index (χ3n) is 3.85. The Hall–Kier alpha value is -2.83. The molecular weight excluding hydrogens is 380 g/mol. The van der Waals surface area contributed by atoms with Crippen molar-refractivity contribution in [3.05, 3.63) is 41.7 Å². The number of carbonyl (C=O) groups is 1. The number of halogens is 1. The van der Waals surface area contributed by atoms with E-state index in [1.807, 2.05) is 0 Å². The van der Waals surface area contributed by atoms with Crippen molar-refractivity contribution in [2.75, 3.05) is 22.9 Å². The average Bonchev–Trinajstić information content (AvgIpc) is 2.95. The van der Waals surface area contributed by atoms with Crippen molar-refractivity contribution < 1.29 is 32.0 Å². The fourth-order valence-corrected chi connectivity index (χ4v) is 3.77. The number of amides is 1. The highest BCUT2D eigenvalue weighted by molar-refractivity contribution is 7.92. The summed E-state index contributed by atoms with van der Waals surface area (Å²) < 4.78 is 51.3. The number of carbonyl (C=O) groups excluding carboxylic acids is 1. The molecule has 0 unspecified atom stereocenters. The number of nitrogens with one attached hydrogen (secondary N) is 2. The van der Waals surface area contributed by atoms with Crippen LogP contribution in [0.25, 0.3) is 0 Å². The minimum absolute atomic E-state index is 0.0195. The Labute approximate surface area is 154 Å². The molecule has 1 heterocycles. The fourth-order valence-electron chi connectivity index (χ4n) is 2.56. The van der Waals surface area contributed by atoms with Gasteiger partial charge in [-0.3, -0.25) is 10.0 Å². The molecule has 27 heavy (non-hydrogen) atoms. The van der Waals surface area contributed by atoms with E-state index in [-0.39, 0.29) is 34.0 Å². The lowest BCUT2D eigenvalue weighted by Gasteiger charge is -2.14. The molecule has 5 N–H and O–H groups in total. The third-order valence-corrected chi connectivity index (χ3v) is 5.27. The maximum Gasteiger partial charge on any atom is 0.491 e. The van der Waals surface area contributed by atoms with Gasteiger partial charge in [-0.15, -0.1) is 0 Å². The van der Waals surface area contributed by atoms with Gasteiger partial charge in [-0.2, -0.15) is 0 Å². The molecule has 0 radical (unpaired) electrons. The van der Waals surface area contributed by atoms with E-state index >= 15 is 0 Å². The van der Waals surface area contributed by atoms with Crippen LogP contribution in [0.15, 0.2) is 35.2 Å². The van der Waals surface area contributed by atoms with Crippen LogP contribution in [0, 0.1) is 5.82 Å². The van der Waals surface area contributed by atoms with Gasteiger partial charge < -0.3 is 20.1 Å². The van der Waals surface area contributed by atoms with Crippen LogP contribution in [0.3, 0.4) is 0 Å². The van der Waals surface area contributed by atoms with Crippen LogP contribution in [-0.2, 0) is 26.0 Å². The van der Waals surface area contributed by atoms with E-state index in [1.165, 1.54) is 12.1 Å². The number of rotatable bonds is 4. The zero-order valence-corrected chi connectivity index (χ0v) is 14.8. The predicted molar refractivity (Wildman–Crippen MR) is 96.5 cm³/mol. The minimum Gasteiger partial charge on any atom is -0.453 e. The first-order valence-electron chi connectivity index (χ1n) is 7.60. The molecule has 0 saturated carbocycles. The summed E-state index contributed by atoms with van der Waals surface area (Å²) >= 11 is 0. The van der Waals surface area contributed by atoms with Crippen molar-refractivity contribution in [2.24, 2.45) is 0 Å². The smallest absolute Gasteiger partial charge is 0.453 e. The van der Waals surface area contributed by atoms with Crippen LogP contribution in [0.1, 0.15) is 5.56 Å². The molecule has 1 amide bonds. The Balaban J connectivity index is 1.99. The standard InChI is InChI=1S/C15H15BFN3O6S/c1-25-15(21)19-13-5-9(18)2-3-14(13)27(23,24)20-12-6-10-8(4-11(12)17)7-26-16(10)22/h2-6,20,22H,7,18H2,1H3,(H,19,21). The molecule has 0 spiro atoms. The summed E-state index contributed by atoms with van der Waals surface area (Å²) in [6.45, 7) is 0.0195. The molecule has 0 bridgehead atoms. The number of nitrogen functional groups attached to an aromatic ring is 1. The van der Waals surface area contributed by atoms with Gasteiger partial charge in [0.1, 0.15) is 10.7 Å². The number of fused-ring (bicyclic) bond motifs is 1. The maximum atomic E-state index is 14.3. The Morgan fingerprint density at radius 1 is 1.33 bits per heavy atom.